The summed E-state index contributed by atoms with van der Waals surface area (Å²) in [5.74, 6) is 0. The molecule has 0 saturated carbocycles. The Bertz CT molecular complexity index is 472. The maximum atomic E-state index is 12.2. The Morgan fingerprint density at radius 3 is 2.64 bits per heavy atom. The fraction of sp³-hybridized carbons (Fsp3) is 0.125. The average Bonchev–Trinajstić information content (AvgIpc) is 2.45. The smallest absolute Gasteiger partial charge is 0.397 e. The minimum Gasteiger partial charge on any atom is -0.397 e. The first-order valence-electron chi connectivity index (χ1n) is 3.78. The molecule has 3 N–H and O–H groups in total. The Morgan fingerprint density at radius 2 is 2.00 bits per heavy atom. The van der Waals surface area contributed by atoms with Crippen LogP contribution in [0.1, 0.15) is 5.69 Å². The van der Waals surface area contributed by atoms with E-state index in [1.54, 1.807) is 0 Å². The molecule has 0 fully saturated rings. The average molecular weight is 201 g/mol. The first-order chi connectivity index (χ1) is 6.47. The molecule has 0 amide bonds. The van der Waals surface area contributed by atoms with Crippen molar-refractivity contribution in [2.45, 2.75) is 6.18 Å². The number of aromatic nitrogens is 2. The monoisotopic (exact) mass is 201 g/mol. The molecule has 0 bridgehead atoms. The Labute approximate surface area is 76.7 Å². The standard InChI is InChI=1S/C8H6F3N3/c9-8(10,11)6-2-4-1-5(12)3-13-7(4)14-6/h1-3H,12H2,(H,13,14). The topological polar surface area (TPSA) is 54.7 Å². The number of nitrogen functional groups attached to an aromatic ring is 1. The van der Waals surface area contributed by atoms with E-state index in [2.05, 4.69) is 9.97 Å². The highest BCUT2D eigenvalue weighted by molar-refractivity contribution is 5.79. The number of halogens is 3. The van der Waals surface area contributed by atoms with E-state index in [1.165, 1.54) is 12.3 Å². The zero-order valence-corrected chi connectivity index (χ0v) is 6.89. The summed E-state index contributed by atoms with van der Waals surface area (Å²) in [4.78, 5) is 5.91. The summed E-state index contributed by atoms with van der Waals surface area (Å²) in [5.41, 5.74) is 5.10. The Hall–Kier alpha value is -1.72. The number of fused-ring (bicyclic) bond motifs is 1. The van der Waals surface area contributed by atoms with Gasteiger partial charge >= 0.3 is 6.18 Å². The zero-order valence-electron chi connectivity index (χ0n) is 6.89. The second kappa shape index (κ2) is 2.63. The van der Waals surface area contributed by atoms with Gasteiger partial charge in [-0.3, -0.25) is 0 Å². The highest BCUT2D eigenvalue weighted by Crippen LogP contribution is 2.30. The van der Waals surface area contributed by atoms with Crippen molar-refractivity contribution >= 4 is 16.7 Å². The van der Waals surface area contributed by atoms with Crippen LogP contribution in [0.25, 0.3) is 11.0 Å². The molecule has 0 spiro atoms. The van der Waals surface area contributed by atoms with Gasteiger partial charge in [0.15, 0.2) is 0 Å². The third-order valence-corrected chi connectivity index (χ3v) is 1.80. The second-order valence-electron chi connectivity index (χ2n) is 2.89. The van der Waals surface area contributed by atoms with E-state index < -0.39 is 11.9 Å². The highest BCUT2D eigenvalue weighted by Gasteiger charge is 2.32. The van der Waals surface area contributed by atoms with Crippen molar-refractivity contribution in [1.29, 1.82) is 0 Å². The highest BCUT2D eigenvalue weighted by atomic mass is 19.4. The summed E-state index contributed by atoms with van der Waals surface area (Å²) < 4.78 is 36.7. The Kier molecular flexibility index (Phi) is 1.67. The van der Waals surface area contributed by atoms with Gasteiger partial charge in [-0.15, -0.1) is 0 Å². The van der Waals surface area contributed by atoms with Crippen molar-refractivity contribution < 1.29 is 13.2 Å². The molecule has 2 aromatic heterocycles. The van der Waals surface area contributed by atoms with Gasteiger partial charge in [-0.1, -0.05) is 0 Å². The van der Waals surface area contributed by atoms with E-state index in [0.29, 0.717) is 11.1 Å². The number of hydrogen-bond donors (Lipinski definition) is 2. The van der Waals surface area contributed by atoms with Crippen molar-refractivity contribution in [2.24, 2.45) is 0 Å². The summed E-state index contributed by atoms with van der Waals surface area (Å²) >= 11 is 0. The number of nitrogens with two attached hydrogens (primary N) is 1. The summed E-state index contributed by atoms with van der Waals surface area (Å²) in [6, 6.07) is 2.42. The molecule has 0 aliphatic heterocycles. The van der Waals surface area contributed by atoms with Gasteiger partial charge in [0.2, 0.25) is 0 Å². The van der Waals surface area contributed by atoms with Crippen LogP contribution >= 0.6 is 0 Å². The minimum absolute atomic E-state index is 0.187. The molecular formula is C8H6F3N3. The molecule has 2 heterocycles. The number of hydrogen-bond acceptors (Lipinski definition) is 2. The van der Waals surface area contributed by atoms with Gasteiger partial charge in [-0.05, 0) is 12.1 Å². The maximum absolute atomic E-state index is 12.2. The van der Waals surface area contributed by atoms with E-state index >= 15 is 0 Å². The third kappa shape index (κ3) is 1.39. The van der Waals surface area contributed by atoms with E-state index in [-0.39, 0.29) is 5.65 Å². The molecule has 6 heteroatoms. The number of aromatic amines is 1. The molecule has 3 nitrogen and oxygen atoms in total. The van der Waals surface area contributed by atoms with Gasteiger partial charge in [0.1, 0.15) is 11.3 Å². The van der Waals surface area contributed by atoms with Crippen LogP contribution in [-0.4, -0.2) is 9.97 Å². The molecular weight excluding hydrogens is 195 g/mol. The molecule has 0 atom stereocenters. The van der Waals surface area contributed by atoms with Crippen LogP contribution in [0.5, 0.6) is 0 Å². The predicted molar refractivity (Wildman–Crippen MR) is 45.5 cm³/mol. The fourth-order valence-corrected chi connectivity index (χ4v) is 1.19. The number of anilines is 1. The van der Waals surface area contributed by atoms with Gasteiger partial charge < -0.3 is 10.7 Å². The van der Waals surface area contributed by atoms with Crippen LogP contribution in [0.15, 0.2) is 18.3 Å². The number of H-pyrrole nitrogens is 1. The zero-order chi connectivity index (χ0) is 10.3. The van der Waals surface area contributed by atoms with Crippen molar-refractivity contribution in [2.75, 3.05) is 5.73 Å². The Morgan fingerprint density at radius 1 is 1.29 bits per heavy atom. The number of pyridine rings is 1. The molecule has 0 saturated heterocycles. The molecule has 2 aromatic rings. The maximum Gasteiger partial charge on any atom is 0.431 e. The van der Waals surface area contributed by atoms with Crippen molar-refractivity contribution in [3.63, 3.8) is 0 Å². The lowest BCUT2D eigenvalue weighted by Crippen LogP contribution is -2.04. The van der Waals surface area contributed by atoms with Gasteiger partial charge in [-0.25, -0.2) is 4.98 Å². The number of nitrogens with one attached hydrogen (secondary N) is 1. The van der Waals surface area contributed by atoms with Crippen molar-refractivity contribution in [1.82, 2.24) is 9.97 Å². The van der Waals surface area contributed by atoms with Crippen LogP contribution in [0.4, 0.5) is 18.9 Å². The van der Waals surface area contributed by atoms with E-state index in [0.717, 1.165) is 6.07 Å². The van der Waals surface area contributed by atoms with Crippen LogP contribution in [0.3, 0.4) is 0 Å². The van der Waals surface area contributed by atoms with Gasteiger partial charge in [0.25, 0.3) is 0 Å². The molecule has 0 aliphatic carbocycles. The van der Waals surface area contributed by atoms with Crippen molar-refractivity contribution in [3.8, 4) is 0 Å². The normalized spacial score (nSPS) is 12.2. The van der Waals surface area contributed by atoms with Gasteiger partial charge in [0, 0.05) is 5.39 Å². The molecule has 0 unspecified atom stereocenters. The SMILES string of the molecule is Nc1cnc2[nH]c(C(F)(F)F)cc2c1. The molecule has 74 valence electrons. The lowest BCUT2D eigenvalue weighted by atomic mass is 10.3. The number of rotatable bonds is 0. The van der Waals surface area contributed by atoms with Crippen LogP contribution < -0.4 is 5.73 Å². The van der Waals surface area contributed by atoms with Crippen molar-refractivity contribution in [3.05, 3.63) is 24.0 Å². The lowest BCUT2D eigenvalue weighted by molar-refractivity contribution is -0.140. The molecule has 0 aromatic carbocycles. The first kappa shape index (κ1) is 8.86. The molecule has 14 heavy (non-hydrogen) atoms. The summed E-state index contributed by atoms with van der Waals surface area (Å²) in [5, 5.41) is 0.359. The second-order valence-corrected chi connectivity index (χ2v) is 2.89. The molecule has 2 rings (SSSR count). The molecule has 0 aliphatic rings. The predicted octanol–water partition coefficient (Wildman–Crippen LogP) is 2.16. The molecule has 0 radical (unpaired) electrons. The largest absolute Gasteiger partial charge is 0.431 e. The number of nitrogens with zero attached hydrogens (tertiary/aromatic N) is 1. The third-order valence-electron chi connectivity index (χ3n) is 1.80. The van der Waals surface area contributed by atoms with E-state index in [9.17, 15) is 13.2 Å². The summed E-state index contributed by atoms with van der Waals surface area (Å²) in [7, 11) is 0. The summed E-state index contributed by atoms with van der Waals surface area (Å²) in [6.45, 7) is 0. The van der Waals surface area contributed by atoms with Crippen LogP contribution in [0, 0.1) is 0 Å². The van der Waals surface area contributed by atoms with Gasteiger partial charge in [-0.2, -0.15) is 13.2 Å². The summed E-state index contributed by atoms with van der Waals surface area (Å²) in [6.07, 6.45) is -3.07. The Balaban J connectivity index is 2.63. The fourth-order valence-electron chi connectivity index (χ4n) is 1.19. The minimum atomic E-state index is -4.38. The quantitative estimate of drug-likeness (QED) is 0.686. The van der Waals surface area contributed by atoms with Crippen LogP contribution in [0.2, 0.25) is 0 Å². The lowest BCUT2D eigenvalue weighted by Gasteiger charge is -2.00. The number of alkyl halides is 3. The van der Waals surface area contributed by atoms with Crippen LogP contribution in [-0.2, 0) is 6.18 Å². The van der Waals surface area contributed by atoms with Gasteiger partial charge in [0.05, 0.1) is 11.9 Å². The van der Waals surface area contributed by atoms with E-state index in [4.69, 9.17) is 5.73 Å². The van der Waals surface area contributed by atoms with E-state index in [1.807, 2.05) is 0 Å². The first-order valence-corrected chi connectivity index (χ1v) is 3.78.